The zero-order chi connectivity index (χ0) is 6.69. The van der Waals surface area contributed by atoms with E-state index in [0.717, 1.165) is 12.2 Å². The zero-order valence-corrected chi connectivity index (χ0v) is 5.92. The summed E-state index contributed by atoms with van der Waals surface area (Å²) in [6, 6.07) is 0. The van der Waals surface area contributed by atoms with Crippen molar-refractivity contribution >= 4 is 0 Å². The van der Waals surface area contributed by atoms with Crippen LogP contribution in [0.1, 0.15) is 20.3 Å². The van der Waals surface area contributed by atoms with E-state index >= 15 is 0 Å². The normalized spacial score (nSPS) is 25.1. The molecule has 1 atom stereocenters. The summed E-state index contributed by atoms with van der Waals surface area (Å²) < 4.78 is 5.41. The number of ether oxygens (including phenoxy) is 1. The van der Waals surface area contributed by atoms with E-state index in [2.05, 4.69) is 6.92 Å². The summed E-state index contributed by atoms with van der Waals surface area (Å²) in [7, 11) is 0. The highest BCUT2D eigenvalue weighted by atomic mass is 16.5. The lowest BCUT2D eigenvalue weighted by Gasteiger charge is -2.15. The van der Waals surface area contributed by atoms with Gasteiger partial charge in [0.25, 0.3) is 0 Å². The van der Waals surface area contributed by atoms with Gasteiger partial charge in [0.15, 0.2) is 0 Å². The van der Waals surface area contributed by atoms with Crippen LogP contribution in [-0.2, 0) is 4.74 Å². The molecule has 0 fully saturated rings. The molecule has 1 heteroatoms. The highest BCUT2D eigenvalue weighted by Gasteiger charge is 2.02. The van der Waals surface area contributed by atoms with E-state index in [1.165, 1.54) is 0 Å². The fourth-order valence-corrected chi connectivity index (χ4v) is 0.838. The molecule has 1 unspecified atom stereocenters. The van der Waals surface area contributed by atoms with Crippen LogP contribution in [0, 0.1) is 0 Å². The molecule has 1 nitrogen and oxygen atoms in total. The summed E-state index contributed by atoms with van der Waals surface area (Å²) in [5.41, 5.74) is 0. The Balaban J connectivity index is 2.55. The fourth-order valence-electron chi connectivity index (χ4n) is 0.838. The van der Waals surface area contributed by atoms with Crippen LogP contribution in [0.25, 0.3) is 0 Å². The van der Waals surface area contributed by atoms with Gasteiger partial charge in [0.2, 0.25) is 0 Å². The van der Waals surface area contributed by atoms with Crippen LogP contribution in [0.4, 0.5) is 0 Å². The van der Waals surface area contributed by atoms with Gasteiger partial charge in [0.1, 0.15) is 6.10 Å². The summed E-state index contributed by atoms with van der Waals surface area (Å²) in [5.74, 6) is 1.09. The maximum Gasteiger partial charge on any atom is 0.114 e. The Bertz CT molecular complexity index is 145. The van der Waals surface area contributed by atoms with Crippen LogP contribution in [-0.4, -0.2) is 6.10 Å². The highest BCUT2D eigenvalue weighted by molar-refractivity contribution is 5.13. The van der Waals surface area contributed by atoms with Crippen molar-refractivity contribution in [3.05, 3.63) is 24.0 Å². The van der Waals surface area contributed by atoms with Crippen molar-refractivity contribution in [1.82, 2.24) is 0 Å². The summed E-state index contributed by atoms with van der Waals surface area (Å²) in [6.45, 7) is 4.14. The molecular weight excluding hydrogens is 112 g/mol. The molecule has 0 aromatic carbocycles. The zero-order valence-electron chi connectivity index (χ0n) is 5.92. The predicted molar refractivity (Wildman–Crippen MR) is 38.1 cm³/mol. The summed E-state index contributed by atoms with van der Waals surface area (Å²) in [4.78, 5) is 0. The van der Waals surface area contributed by atoms with Gasteiger partial charge in [-0.2, -0.15) is 0 Å². The van der Waals surface area contributed by atoms with E-state index in [1.807, 2.05) is 25.2 Å². The maximum atomic E-state index is 5.41. The molecule has 1 heterocycles. The quantitative estimate of drug-likeness (QED) is 0.521. The first kappa shape index (κ1) is 6.40. The van der Waals surface area contributed by atoms with Crippen LogP contribution < -0.4 is 0 Å². The molecule has 1 aliphatic heterocycles. The first-order valence-corrected chi connectivity index (χ1v) is 3.37. The van der Waals surface area contributed by atoms with Crippen molar-refractivity contribution in [1.29, 1.82) is 0 Å². The van der Waals surface area contributed by atoms with E-state index < -0.39 is 0 Å². The first-order valence-electron chi connectivity index (χ1n) is 3.37. The van der Waals surface area contributed by atoms with Gasteiger partial charge in [0, 0.05) is 6.42 Å². The molecule has 1 aliphatic rings. The van der Waals surface area contributed by atoms with Gasteiger partial charge in [-0.3, -0.25) is 0 Å². The average molecular weight is 124 g/mol. The largest absolute Gasteiger partial charge is 0.491 e. The van der Waals surface area contributed by atoms with Crippen LogP contribution in [0.2, 0.25) is 0 Å². The van der Waals surface area contributed by atoms with Gasteiger partial charge < -0.3 is 4.74 Å². The number of hydrogen-bond acceptors (Lipinski definition) is 1. The molecule has 0 N–H and O–H groups in total. The van der Waals surface area contributed by atoms with Crippen LogP contribution in [0.15, 0.2) is 24.0 Å². The minimum absolute atomic E-state index is 0.268. The molecule has 0 radical (unpaired) electrons. The Morgan fingerprint density at radius 2 is 2.44 bits per heavy atom. The standard InChI is InChI=1S/C8H12O/c1-3-8-6-4-5-7(2)9-8/h4-7H,3H2,1-2H3. The van der Waals surface area contributed by atoms with Gasteiger partial charge >= 0.3 is 0 Å². The van der Waals surface area contributed by atoms with Crippen molar-refractivity contribution in [2.45, 2.75) is 26.4 Å². The van der Waals surface area contributed by atoms with Crippen molar-refractivity contribution in [2.75, 3.05) is 0 Å². The van der Waals surface area contributed by atoms with Crippen molar-refractivity contribution in [3.63, 3.8) is 0 Å². The number of hydrogen-bond donors (Lipinski definition) is 0. The smallest absolute Gasteiger partial charge is 0.114 e. The van der Waals surface area contributed by atoms with E-state index in [0.29, 0.717) is 0 Å². The Labute approximate surface area is 56.0 Å². The van der Waals surface area contributed by atoms with Gasteiger partial charge in [-0.05, 0) is 19.1 Å². The summed E-state index contributed by atoms with van der Waals surface area (Å²) >= 11 is 0. The first-order chi connectivity index (χ1) is 4.33. The van der Waals surface area contributed by atoms with Gasteiger partial charge in [-0.25, -0.2) is 0 Å². The molecule has 0 aliphatic carbocycles. The third kappa shape index (κ3) is 1.60. The minimum Gasteiger partial charge on any atom is -0.491 e. The molecule has 0 saturated carbocycles. The number of allylic oxidation sites excluding steroid dienone is 3. The van der Waals surface area contributed by atoms with Gasteiger partial charge in [-0.1, -0.05) is 13.0 Å². The third-order valence-electron chi connectivity index (χ3n) is 1.35. The summed E-state index contributed by atoms with van der Waals surface area (Å²) in [5, 5.41) is 0. The fraction of sp³-hybridized carbons (Fsp3) is 0.500. The average Bonchev–Trinajstić information content (AvgIpc) is 1.88. The lowest BCUT2D eigenvalue weighted by molar-refractivity contribution is 0.159. The number of rotatable bonds is 1. The van der Waals surface area contributed by atoms with Crippen LogP contribution >= 0.6 is 0 Å². The molecular formula is C8H12O. The van der Waals surface area contributed by atoms with E-state index in [4.69, 9.17) is 4.74 Å². The topological polar surface area (TPSA) is 9.23 Å². The lowest BCUT2D eigenvalue weighted by Crippen LogP contribution is -2.06. The molecule has 0 aromatic heterocycles. The minimum atomic E-state index is 0.268. The van der Waals surface area contributed by atoms with Crippen LogP contribution in [0.3, 0.4) is 0 Å². The molecule has 0 aromatic rings. The molecule has 0 bridgehead atoms. The molecule has 1 rings (SSSR count). The van der Waals surface area contributed by atoms with Crippen molar-refractivity contribution in [3.8, 4) is 0 Å². The van der Waals surface area contributed by atoms with Crippen molar-refractivity contribution < 1.29 is 4.74 Å². The second-order valence-corrected chi connectivity index (χ2v) is 2.19. The summed E-state index contributed by atoms with van der Waals surface area (Å²) in [6.07, 6.45) is 7.37. The van der Waals surface area contributed by atoms with Gasteiger partial charge in [-0.15, -0.1) is 0 Å². The van der Waals surface area contributed by atoms with Crippen LogP contribution in [0.5, 0.6) is 0 Å². The SMILES string of the molecule is CCC1=CC=CC(C)O1. The second kappa shape index (κ2) is 2.72. The Kier molecular flexibility index (Phi) is 1.93. The molecule has 0 saturated heterocycles. The Hall–Kier alpha value is -0.720. The molecule has 0 spiro atoms. The maximum absolute atomic E-state index is 5.41. The second-order valence-electron chi connectivity index (χ2n) is 2.19. The van der Waals surface area contributed by atoms with E-state index in [1.54, 1.807) is 0 Å². The van der Waals surface area contributed by atoms with E-state index in [9.17, 15) is 0 Å². The molecule has 50 valence electrons. The Morgan fingerprint density at radius 1 is 1.67 bits per heavy atom. The van der Waals surface area contributed by atoms with E-state index in [-0.39, 0.29) is 6.10 Å². The highest BCUT2D eigenvalue weighted by Crippen LogP contribution is 2.12. The van der Waals surface area contributed by atoms with Crippen molar-refractivity contribution in [2.24, 2.45) is 0 Å². The molecule has 0 amide bonds. The monoisotopic (exact) mass is 124 g/mol. The molecule has 9 heavy (non-hydrogen) atoms. The van der Waals surface area contributed by atoms with Gasteiger partial charge in [0.05, 0.1) is 5.76 Å². The third-order valence-corrected chi connectivity index (χ3v) is 1.35. The predicted octanol–water partition coefficient (Wildman–Crippen LogP) is 2.26. The lowest BCUT2D eigenvalue weighted by atomic mass is 10.2. The Morgan fingerprint density at radius 3 is 2.89 bits per heavy atom.